The molecule has 0 saturated carbocycles. The van der Waals surface area contributed by atoms with E-state index >= 15 is 0 Å². The zero-order valence-corrected chi connectivity index (χ0v) is 35.6. The number of hydrogen-bond acceptors (Lipinski definition) is 2. The molecule has 11 aromatic rings. The molecule has 2 heteroatoms. The van der Waals surface area contributed by atoms with Crippen LogP contribution in [0.2, 0.25) is 0 Å². The molecule has 0 bridgehead atoms. The standard InChI is InChI=1S/C62H41NO/c1-61(2)52-25-11-7-21-45(52)47-32-30-41(37-56(47)61)63(58-28-15-24-49-48-23-10-14-29-59(48)64-60(49)58)40-31-33-55-51(36-40)43-19-6-5-18-42(43)44-20-8-12-26-53(44)62(55)54-27-13-9-22-46(54)50-34-38-16-3-4-17-39(38)35-57(50)62/h3-37H,1-2H3. The third kappa shape index (κ3) is 4.59. The summed E-state index contributed by atoms with van der Waals surface area (Å²) < 4.78 is 6.87. The van der Waals surface area contributed by atoms with E-state index in [4.69, 9.17) is 4.42 Å². The van der Waals surface area contributed by atoms with Crippen molar-refractivity contribution in [3.05, 3.63) is 246 Å². The van der Waals surface area contributed by atoms with Crippen molar-refractivity contribution in [1.82, 2.24) is 0 Å². The molecule has 1 heterocycles. The Morgan fingerprint density at radius 1 is 0.344 bits per heavy atom. The highest BCUT2D eigenvalue weighted by molar-refractivity contribution is 6.11. The summed E-state index contributed by atoms with van der Waals surface area (Å²) in [4.78, 5) is 2.45. The van der Waals surface area contributed by atoms with Gasteiger partial charge in [-0.15, -0.1) is 0 Å². The van der Waals surface area contributed by atoms with Crippen molar-refractivity contribution < 1.29 is 4.42 Å². The molecule has 10 aromatic carbocycles. The largest absolute Gasteiger partial charge is 0.454 e. The van der Waals surface area contributed by atoms with E-state index in [-0.39, 0.29) is 5.41 Å². The van der Waals surface area contributed by atoms with E-state index in [1.165, 1.54) is 88.7 Å². The van der Waals surface area contributed by atoms with E-state index in [2.05, 4.69) is 231 Å². The first kappa shape index (κ1) is 35.6. The Hall–Kier alpha value is -7.94. The highest BCUT2D eigenvalue weighted by Crippen LogP contribution is 2.62. The Labute approximate surface area is 372 Å². The Bertz CT molecular complexity index is 3790. The second-order valence-electron chi connectivity index (χ2n) is 18.3. The topological polar surface area (TPSA) is 16.4 Å². The van der Waals surface area contributed by atoms with Gasteiger partial charge in [0.2, 0.25) is 0 Å². The summed E-state index contributed by atoms with van der Waals surface area (Å²) in [7, 11) is 0. The molecule has 0 N–H and O–H groups in total. The lowest BCUT2D eigenvalue weighted by atomic mass is 9.65. The lowest BCUT2D eigenvalue weighted by Gasteiger charge is -2.36. The highest BCUT2D eigenvalue weighted by atomic mass is 16.3. The lowest BCUT2D eigenvalue weighted by molar-refractivity contribution is 0.660. The van der Waals surface area contributed by atoms with Crippen LogP contribution in [0.25, 0.3) is 77.2 Å². The summed E-state index contributed by atoms with van der Waals surface area (Å²) in [5.41, 5.74) is 22.2. The number of anilines is 3. The molecule has 0 radical (unpaired) electrons. The number of rotatable bonds is 3. The second-order valence-corrected chi connectivity index (χ2v) is 18.3. The maximum absolute atomic E-state index is 6.87. The number of furan rings is 1. The molecule has 0 amide bonds. The van der Waals surface area contributed by atoms with E-state index in [0.717, 1.165) is 39.0 Å². The fourth-order valence-corrected chi connectivity index (χ4v) is 12.1. The summed E-state index contributed by atoms with van der Waals surface area (Å²) >= 11 is 0. The van der Waals surface area contributed by atoms with Crippen LogP contribution in [0.15, 0.2) is 217 Å². The number of para-hydroxylation sites is 2. The second kappa shape index (κ2) is 12.8. The minimum atomic E-state index is -0.591. The van der Waals surface area contributed by atoms with Gasteiger partial charge >= 0.3 is 0 Å². The molecule has 1 unspecified atom stereocenters. The van der Waals surface area contributed by atoms with Crippen molar-refractivity contribution in [3.63, 3.8) is 0 Å². The molecule has 1 atom stereocenters. The molecule has 1 aromatic heterocycles. The average molecular weight is 816 g/mol. The van der Waals surface area contributed by atoms with Crippen molar-refractivity contribution in [2.24, 2.45) is 0 Å². The fourth-order valence-electron chi connectivity index (χ4n) is 12.1. The van der Waals surface area contributed by atoms with Gasteiger partial charge in [0.05, 0.1) is 11.1 Å². The molecule has 14 rings (SSSR count). The Morgan fingerprint density at radius 2 is 0.859 bits per heavy atom. The number of benzene rings is 10. The Kier molecular flexibility index (Phi) is 7.13. The predicted molar refractivity (Wildman–Crippen MR) is 265 cm³/mol. The Balaban J connectivity index is 1.09. The highest BCUT2D eigenvalue weighted by Gasteiger charge is 2.50. The molecule has 0 aliphatic heterocycles. The third-order valence-corrected chi connectivity index (χ3v) is 14.9. The van der Waals surface area contributed by atoms with E-state index in [1.807, 2.05) is 0 Å². The monoisotopic (exact) mass is 815 g/mol. The van der Waals surface area contributed by atoms with Crippen LogP contribution in [-0.2, 0) is 10.8 Å². The number of fused-ring (bicyclic) bond motifs is 19. The minimum absolute atomic E-state index is 0.169. The van der Waals surface area contributed by atoms with Gasteiger partial charge in [-0.2, -0.15) is 0 Å². The zero-order valence-electron chi connectivity index (χ0n) is 35.6. The SMILES string of the molecule is CC1(C)c2ccccc2-c2ccc(N(c3ccc4c(c3)-c3ccccc3-c3ccccc3C43c4ccccc4-c4cc5ccccc5cc43)c3cccc4c3oc3ccccc34)cc21. The average Bonchev–Trinajstić information content (AvgIpc) is 3.92. The maximum Gasteiger partial charge on any atom is 0.159 e. The van der Waals surface area contributed by atoms with Crippen LogP contribution < -0.4 is 4.90 Å². The van der Waals surface area contributed by atoms with Gasteiger partial charge in [0.25, 0.3) is 0 Å². The minimum Gasteiger partial charge on any atom is -0.454 e. The summed E-state index contributed by atoms with van der Waals surface area (Å²) in [5, 5.41) is 4.72. The molecule has 3 aliphatic rings. The van der Waals surface area contributed by atoms with Gasteiger partial charge < -0.3 is 9.32 Å². The van der Waals surface area contributed by atoms with Crippen molar-refractivity contribution >= 4 is 49.8 Å². The van der Waals surface area contributed by atoms with Crippen LogP contribution >= 0.6 is 0 Å². The predicted octanol–water partition coefficient (Wildman–Crippen LogP) is 16.5. The first-order valence-corrected chi connectivity index (χ1v) is 22.4. The van der Waals surface area contributed by atoms with Crippen molar-refractivity contribution in [3.8, 4) is 44.5 Å². The molecular weight excluding hydrogens is 775 g/mol. The van der Waals surface area contributed by atoms with Gasteiger partial charge in [0.1, 0.15) is 5.58 Å². The molecule has 0 saturated heterocycles. The summed E-state index contributed by atoms with van der Waals surface area (Å²) in [6, 6.07) is 79.3. The zero-order chi connectivity index (χ0) is 42.3. The molecule has 64 heavy (non-hydrogen) atoms. The first-order chi connectivity index (χ1) is 31.5. The van der Waals surface area contributed by atoms with Crippen LogP contribution in [-0.4, -0.2) is 0 Å². The number of hydrogen-bond donors (Lipinski definition) is 0. The van der Waals surface area contributed by atoms with Gasteiger partial charge in [-0.1, -0.05) is 178 Å². The van der Waals surface area contributed by atoms with E-state index in [0.29, 0.717) is 0 Å². The van der Waals surface area contributed by atoms with Crippen molar-refractivity contribution in [2.45, 2.75) is 24.7 Å². The molecular formula is C62H41NO. The molecule has 2 nitrogen and oxygen atoms in total. The van der Waals surface area contributed by atoms with E-state index < -0.39 is 5.41 Å². The summed E-state index contributed by atoms with van der Waals surface area (Å²) in [5.74, 6) is 0. The first-order valence-electron chi connectivity index (χ1n) is 22.4. The van der Waals surface area contributed by atoms with E-state index in [1.54, 1.807) is 0 Å². The summed E-state index contributed by atoms with van der Waals surface area (Å²) in [6.45, 7) is 4.73. The fraction of sp³-hybridized carbons (Fsp3) is 0.0645. The molecule has 0 fully saturated rings. The Morgan fingerprint density at radius 3 is 1.62 bits per heavy atom. The summed E-state index contributed by atoms with van der Waals surface area (Å²) in [6.07, 6.45) is 0. The molecule has 3 aliphatic carbocycles. The third-order valence-electron chi connectivity index (χ3n) is 14.9. The van der Waals surface area contributed by atoms with Gasteiger partial charge in [-0.05, 0) is 137 Å². The maximum atomic E-state index is 6.87. The van der Waals surface area contributed by atoms with Crippen LogP contribution in [0.5, 0.6) is 0 Å². The van der Waals surface area contributed by atoms with Gasteiger partial charge in [0.15, 0.2) is 5.58 Å². The normalized spacial score (nSPS) is 15.8. The lowest BCUT2D eigenvalue weighted by Crippen LogP contribution is -2.29. The quantitative estimate of drug-likeness (QED) is 0.177. The van der Waals surface area contributed by atoms with Crippen LogP contribution in [0, 0.1) is 0 Å². The molecule has 1 spiro atoms. The molecule has 300 valence electrons. The van der Waals surface area contributed by atoms with Crippen molar-refractivity contribution in [1.29, 1.82) is 0 Å². The number of nitrogens with zero attached hydrogens (tertiary/aromatic N) is 1. The van der Waals surface area contributed by atoms with Gasteiger partial charge in [-0.25, -0.2) is 0 Å². The smallest absolute Gasteiger partial charge is 0.159 e. The van der Waals surface area contributed by atoms with Gasteiger partial charge in [0, 0.05) is 27.6 Å². The van der Waals surface area contributed by atoms with E-state index in [9.17, 15) is 0 Å². The van der Waals surface area contributed by atoms with Gasteiger partial charge in [-0.3, -0.25) is 0 Å². The van der Waals surface area contributed by atoms with Crippen LogP contribution in [0.3, 0.4) is 0 Å². The van der Waals surface area contributed by atoms with Crippen molar-refractivity contribution in [2.75, 3.05) is 4.90 Å². The van der Waals surface area contributed by atoms with Crippen LogP contribution in [0.1, 0.15) is 47.2 Å². The van der Waals surface area contributed by atoms with Crippen LogP contribution in [0.4, 0.5) is 17.1 Å².